The lowest BCUT2D eigenvalue weighted by Gasteiger charge is -2.25. The number of carbonyl (C=O) groups excluding carboxylic acids is 1. The number of amides is 2. The van der Waals surface area contributed by atoms with Crippen LogP contribution < -0.4 is 15.4 Å². The van der Waals surface area contributed by atoms with Gasteiger partial charge in [0.05, 0.1) is 5.60 Å². The topological polar surface area (TPSA) is 70.6 Å². The molecule has 1 aromatic rings. The van der Waals surface area contributed by atoms with Crippen molar-refractivity contribution in [2.24, 2.45) is 0 Å². The summed E-state index contributed by atoms with van der Waals surface area (Å²) in [4.78, 5) is 11.7. The first-order valence-corrected chi connectivity index (χ1v) is 6.70. The Kier molecular flexibility index (Phi) is 6.36. The standard InChI is InChI=1S/C14H20F2N2O3/c1-3-14(20,4-2)9-17-13(19)18-10-5-7-11(8-6-10)21-12(15)16/h5-8,12,20H,3-4,9H2,1-2H3,(H2,17,18,19). The van der Waals surface area contributed by atoms with Gasteiger partial charge in [-0.15, -0.1) is 0 Å². The van der Waals surface area contributed by atoms with E-state index < -0.39 is 18.2 Å². The number of anilines is 1. The van der Waals surface area contributed by atoms with Crippen LogP contribution in [0.5, 0.6) is 5.75 Å². The number of benzene rings is 1. The fourth-order valence-corrected chi connectivity index (χ4v) is 1.64. The van der Waals surface area contributed by atoms with Crippen LogP contribution in [0.3, 0.4) is 0 Å². The Bertz CT molecular complexity index is 448. The van der Waals surface area contributed by atoms with Crippen molar-refractivity contribution < 1.29 is 23.4 Å². The second kappa shape index (κ2) is 7.78. The predicted octanol–water partition coefficient (Wildman–Crippen LogP) is 2.96. The van der Waals surface area contributed by atoms with Gasteiger partial charge in [0.25, 0.3) is 0 Å². The summed E-state index contributed by atoms with van der Waals surface area (Å²) in [5.74, 6) is 0.0160. The van der Waals surface area contributed by atoms with Crippen molar-refractivity contribution in [1.82, 2.24) is 5.32 Å². The average molecular weight is 302 g/mol. The molecule has 0 aliphatic rings. The quantitative estimate of drug-likeness (QED) is 0.725. The summed E-state index contributed by atoms with van der Waals surface area (Å²) in [6.07, 6.45) is 1.06. The van der Waals surface area contributed by atoms with Crippen LogP contribution in [-0.4, -0.2) is 29.9 Å². The Morgan fingerprint density at radius 1 is 1.29 bits per heavy atom. The van der Waals surface area contributed by atoms with E-state index in [1.807, 2.05) is 13.8 Å². The summed E-state index contributed by atoms with van der Waals surface area (Å²) in [6, 6.07) is 5.08. The molecule has 2 amide bonds. The molecule has 0 heterocycles. The molecule has 0 fully saturated rings. The van der Waals surface area contributed by atoms with Crippen LogP contribution in [0.2, 0.25) is 0 Å². The number of aliphatic hydroxyl groups is 1. The minimum Gasteiger partial charge on any atom is -0.435 e. The van der Waals surface area contributed by atoms with E-state index in [4.69, 9.17) is 0 Å². The SMILES string of the molecule is CCC(O)(CC)CNC(=O)Nc1ccc(OC(F)F)cc1. The molecule has 0 unspecified atom stereocenters. The number of hydrogen-bond donors (Lipinski definition) is 3. The molecular formula is C14H20F2N2O3. The zero-order valence-electron chi connectivity index (χ0n) is 12.0. The highest BCUT2D eigenvalue weighted by Gasteiger charge is 2.22. The van der Waals surface area contributed by atoms with Crippen LogP contribution in [-0.2, 0) is 0 Å². The molecule has 0 radical (unpaired) electrons. The first-order chi connectivity index (χ1) is 9.88. The van der Waals surface area contributed by atoms with Crippen molar-refractivity contribution in [2.75, 3.05) is 11.9 Å². The van der Waals surface area contributed by atoms with Crippen molar-refractivity contribution in [3.63, 3.8) is 0 Å². The van der Waals surface area contributed by atoms with Crippen LogP contribution in [0.4, 0.5) is 19.3 Å². The molecule has 0 aromatic heterocycles. The number of carbonyl (C=O) groups is 1. The van der Waals surface area contributed by atoms with Gasteiger partial charge < -0.3 is 20.5 Å². The number of ether oxygens (including phenoxy) is 1. The molecular weight excluding hydrogens is 282 g/mol. The van der Waals surface area contributed by atoms with Gasteiger partial charge in [0.1, 0.15) is 5.75 Å². The van der Waals surface area contributed by atoms with Gasteiger partial charge >= 0.3 is 12.6 Å². The maximum absolute atomic E-state index is 12.0. The lowest BCUT2D eigenvalue weighted by molar-refractivity contribution is -0.0498. The zero-order chi connectivity index (χ0) is 15.9. The van der Waals surface area contributed by atoms with E-state index in [2.05, 4.69) is 15.4 Å². The fraction of sp³-hybridized carbons (Fsp3) is 0.500. The Morgan fingerprint density at radius 3 is 2.33 bits per heavy atom. The third-order valence-electron chi connectivity index (χ3n) is 3.23. The molecule has 1 rings (SSSR count). The molecule has 1 aromatic carbocycles. The van der Waals surface area contributed by atoms with Crippen LogP contribution in [0.15, 0.2) is 24.3 Å². The van der Waals surface area contributed by atoms with Crippen LogP contribution in [0.25, 0.3) is 0 Å². The Morgan fingerprint density at radius 2 is 1.86 bits per heavy atom. The monoisotopic (exact) mass is 302 g/mol. The molecule has 7 heteroatoms. The van der Waals surface area contributed by atoms with E-state index in [0.29, 0.717) is 18.5 Å². The van der Waals surface area contributed by atoms with Gasteiger partial charge in [0.2, 0.25) is 0 Å². The van der Waals surface area contributed by atoms with E-state index in [0.717, 1.165) is 0 Å². The number of nitrogens with one attached hydrogen (secondary N) is 2. The molecule has 0 bridgehead atoms. The lowest BCUT2D eigenvalue weighted by Crippen LogP contribution is -2.43. The zero-order valence-corrected chi connectivity index (χ0v) is 12.0. The molecule has 0 aliphatic heterocycles. The highest BCUT2D eigenvalue weighted by Crippen LogP contribution is 2.18. The molecule has 0 atom stereocenters. The molecule has 0 aliphatic carbocycles. The predicted molar refractivity (Wildman–Crippen MR) is 75.6 cm³/mol. The Balaban J connectivity index is 2.48. The number of hydrogen-bond acceptors (Lipinski definition) is 3. The van der Waals surface area contributed by atoms with Crippen molar-refractivity contribution in [1.29, 1.82) is 0 Å². The third kappa shape index (κ3) is 5.95. The van der Waals surface area contributed by atoms with Crippen molar-refractivity contribution in [2.45, 2.75) is 38.9 Å². The molecule has 0 saturated carbocycles. The number of alkyl halides is 2. The number of urea groups is 1. The van der Waals surface area contributed by atoms with Gasteiger partial charge in [-0.1, -0.05) is 13.8 Å². The van der Waals surface area contributed by atoms with Gasteiger partial charge in [0.15, 0.2) is 0 Å². The highest BCUT2D eigenvalue weighted by molar-refractivity contribution is 5.89. The summed E-state index contributed by atoms with van der Waals surface area (Å²) < 4.78 is 28.2. The summed E-state index contributed by atoms with van der Waals surface area (Å²) >= 11 is 0. The number of halogens is 2. The molecule has 21 heavy (non-hydrogen) atoms. The first-order valence-electron chi connectivity index (χ1n) is 6.70. The largest absolute Gasteiger partial charge is 0.435 e. The smallest absolute Gasteiger partial charge is 0.387 e. The molecule has 3 N–H and O–H groups in total. The third-order valence-corrected chi connectivity index (χ3v) is 3.23. The number of rotatable bonds is 7. The van der Waals surface area contributed by atoms with Gasteiger partial charge in [-0.2, -0.15) is 8.78 Å². The van der Waals surface area contributed by atoms with E-state index in [1.54, 1.807) is 0 Å². The second-order valence-corrected chi connectivity index (χ2v) is 4.64. The Hall–Kier alpha value is -1.89. The summed E-state index contributed by atoms with van der Waals surface area (Å²) in [7, 11) is 0. The molecule has 0 saturated heterocycles. The highest BCUT2D eigenvalue weighted by atomic mass is 19.3. The minimum atomic E-state index is -2.88. The Labute approximate surface area is 122 Å². The first kappa shape index (κ1) is 17.2. The van der Waals surface area contributed by atoms with Gasteiger partial charge in [-0.3, -0.25) is 0 Å². The molecule has 0 spiro atoms. The van der Waals surface area contributed by atoms with E-state index in [-0.39, 0.29) is 12.3 Å². The molecule has 118 valence electrons. The van der Waals surface area contributed by atoms with Gasteiger partial charge in [-0.25, -0.2) is 4.79 Å². The summed E-state index contributed by atoms with van der Waals surface area (Å²) in [5.41, 5.74) is -0.489. The van der Waals surface area contributed by atoms with Crippen LogP contribution in [0, 0.1) is 0 Å². The minimum absolute atomic E-state index is 0.0160. The fourth-order valence-electron chi connectivity index (χ4n) is 1.64. The summed E-state index contributed by atoms with van der Waals surface area (Å²) in [5, 5.41) is 15.1. The van der Waals surface area contributed by atoms with Crippen molar-refractivity contribution in [3.05, 3.63) is 24.3 Å². The normalized spacial score (nSPS) is 11.3. The second-order valence-electron chi connectivity index (χ2n) is 4.64. The summed E-state index contributed by atoms with van der Waals surface area (Å²) in [6.45, 7) is 0.932. The van der Waals surface area contributed by atoms with E-state index >= 15 is 0 Å². The van der Waals surface area contributed by atoms with Crippen LogP contribution in [0.1, 0.15) is 26.7 Å². The van der Waals surface area contributed by atoms with Gasteiger partial charge in [-0.05, 0) is 37.1 Å². The van der Waals surface area contributed by atoms with E-state index in [1.165, 1.54) is 24.3 Å². The van der Waals surface area contributed by atoms with Crippen molar-refractivity contribution >= 4 is 11.7 Å². The van der Waals surface area contributed by atoms with E-state index in [9.17, 15) is 18.7 Å². The maximum Gasteiger partial charge on any atom is 0.387 e. The van der Waals surface area contributed by atoms with Crippen molar-refractivity contribution in [3.8, 4) is 5.75 Å². The average Bonchev–Trinajstić information content (AvgIpc) is 2.46. The molecule has 5 nitrogen and oxygen atoms in total. The van der Waals surface area contributed by atoms with Gasteiger partial charge in [0, 0.05) is 12.2 Å². The lowest BCUT2D eigenvalue weighted by atomic mass is 9.98. The van der Waals surface area contributed by atoms with Crippen LogP contribution >= 0.6 is 0 Å². The maximum atomic E-state index is 12.0.